The Morgan fingerprint density at radius 3 is 2.68 bits per heavy atom. The number of hydrogen-bond donors (Lipinski definition) is 1. The molecule has 1 amide bonds. The van der Waals surface area contributed by atoms with Crippen LogP contribution in [0, 0.1) is 6.92 Å². The van der Waals surface area contributed by atoms with E-state index >= 15 is 0 Å². The number of furan rings is 1. The second-order valence-corrected chi connectivity index (χ2v) is 5.89. The molecule has 0 saturated heterocycles. The first-order valence-corrected chi connectivity index (χ1v) is 7.95. The van der Waals surface area contributed by atoms with Gasteiger partial charge in [0.05, 0.1) is 5.02 Å². The molecule has 6 nitrogen and oxygen atoms in total. The molecule has 1 atom stereocenters. The van der Waals surface area contributed by atoms with Gasteiger partial charge in [-0.2, -0.15) is 0 Å². The Labute approximate surface area is 148 Å². The molecule has 0 aliphatic rings. The molecule has 0 radical (unpaired) electrons. The quantitative estimate of drug-likeness (QED) is 0.713. The first-order chi connectivity index (χ1) is 12.0. The van der Waals surface area contributed by atoms with Crippen molar-refractivity contribution < 1.29 is 18.7 Å². The summed E-state index contributed by atoms with van der Waals surface area (Å²) in [6.45, 7) is 3.24. The minimum atomic E-state index is -1.02. The number of anilines is 1. The highest BCUT2D eigenvalue weighted by Gasteiger charge is 2.24. The molecule has 1 N–H and O–H groups in total. The van der Waals surface area contributed by atoms with E-state index in [-0.39, 0.29) is 5.76 Å². The van der Waals surface area contributed by atoms with Crippen LogP contribution in [0.4, 0.5) is 5.82 Å². The van der Waals surface area contributed by atoms with Gasteiger partial charge in [0.1, 0.15) is 11.4 Å². The topological polar surface area (TPSA) is 81.4 Å². The number of aromatic nitrogens is 1. The molecule has 0 aliphatic heterocycles. The number of nitrogens with one attached hydrogen (secondary N) is 1. The number of para-hydroxylation sites is 1. The lowest BCUT2D eigenvalue weighted by Crippen LogP contribution is -2.30. The minimum Gasteiger partial charge on any atom is -0.449 e. The molecule has 0 bridgehead atoms. The van der Waals surface area contributed by atoms with Crippen molar-refractivity contribution in [2.24, 2.45) is 0 Å². The van der Waals surface area contributed by atoms with Crippen LogP contribution in [0.3, 0.4) is 0 Å². The van der Waals surface area contributed by atoms with Gasteiger partial charge >= 0.3 is 5.97 Å². The number of aryl methyl sites for hydroxylation is 1. The average molecular weight is 359 g/mol. The van der Waals surface area contributed by atoms with Gasteiger partial charge in [0.2, 0.25) is 5.76 Å². The average Bonchev–Trinajstić information content (AvgIpc) is 2.94. The SMILES string of the molecule is Cc1c(C(=O)OC(C)C(=O)Nc2ccc(Cl)cn2)oc2ccccc12. The van der Waals surface area contributed by atoms with E-state index in [4.69, 9.17) is 20.8 Å². The number of halogens is 1. The molecule has 3 rings (SSSR count). The van der Waals surface area contributed by atoms with Gasteiger partial charge in [-0.3, -0.25) is 4.79 Å². The zero-order chi connectivity index (χ0) is 18.0. The molecule has 0 saturated carbocycles. The van der Waals surface area contributed by atoms with Gasteiger partial charge in [-0.05, 0) is 32.0 Å². The predicted molar refractivity (Wildman–Crippen MR) is 93.7 cm³/mol. The highest BCUT2D eigenvalue weighted by molar-refractivity contribution is 6.30. The van der Waals surface area contributed by atoms with Crippen LogP contribution in [0.15, 0.2) is 47.0 Å². The highest BCUT2D eigenvalue weighted by Crippen LogP contribution is 2.25. The summed E-state index contributed by atoms with van der Waals surface area (Å²) in [5.74, 6) is -0.792. The lowest BCUT2D eigenvalue weighted by atomic mass is 10.1. The molecular weight excluding hydrogens is 344 g/mol. The van der Waals surface area contributed by atoms with Gasteiger partial charge in [0.25, 0.3) is 5.91 Å². The minimum absolute atomic E-state index is 0.0884. The predicted octanol–water partition coefficient (Wildman–Crippen LogP) is 3.97. The highest BCUT2D eigenvalue weighted by atomic mass is 35.5. The Balaban J connectivity index is 1.69. The number of nitrogens with zero attached hydrogens (tertiary/aromatic N) is 1. The summed E-state index contributed by atoms with van der Waals surface area (Å²) >= 11 is 5.74. The van der Waals surface area contributed by atoms with Gasteiger partial charge < -0.3 is 14.5 Å². The molecule has 1 aromatic carbocycles. The monoisotopic (exact) mass is 358 g/mol. The second kappa shape index (κ2) is 6.94. The molecule has 128 valence electrons. The Morgan fingerprint density at radius 1 is 1.24 bits per heavy atom. The van der Waals surface area contributed by atoms with Crippen LogP contribution >= 0.6 is 11.6 Å². The number of benzene rings is 1. The van der Waals surface area contributed by atoms with E-state index in [0.717, 1.165) is 5.39 Å². The number of hydrogen-bond acceptors (Lipinski definition) is 5. The molecule has 1 unspecified atom stereocenters. The molecular formula is C18H15ClN2O4. The molecule has 0 spiro atoms. The van der Waals surface area contributed by atoms with Gasteiger partial charge in [-0.15, -0.1) is 0 Å². The van der Waals surface area contributed by atoms with Crippen molar-refractivity contribution in [3.8, 4) is 0 Å². The van der Waals surface area contributed by atoms with Crippen LogP contribution in [-0.4, -0.2) is 23.0 Å². The second-order valence-electron chi connectivity index (χ2n) is 5.45. The summed E-state index contributed by atoms with van der Waals surface area (Å²) in [4.78, 5) is 28.4. The summed E-state index contributed by atoms with van der Waals surface area (Å²) in [6.07, 6.45) is 0.392. The van der Waals surface area contributed by atoms with Gasteiger partial charge in [-0.25, -0.2) is 9.78 Å². The van der Waals surface area contributed by atoms with E-state index in [1.54, 1.807) is 25.1 Å². The fourth-order valence-corrected chi connectivity index (χ4v) is 2.43. The Kier molecular flexibility index (Phi) is 4.72. The fraction of sp³-hybridized carbons (Fsp3) is 0.167. The van der Waals surface area contributed by atoms with Crippen molar-refractivity contribution in [1.82, 2.24) is 4.98 Å². The van der Waals surface area contributed by atoms with E-state index < -0.39 is 18.0 Å². The number of amides is 1. The number of fused-ring (bicyclic) bond motifs is 1. The van der Waals surface area contributed by atoms with Crippen LogP contribution in [0.1, 0.15) is 23.0 Å². The third-order valence-corrected chi connectivity index (χ3v) is 3.88. The zero-order valence-electron chi connectivity index (χ0n) is 13.6. The van der Waals surface area contributed by atoms with Crippen molar-refractivity contribution in [3.05, 3.63) is 58.9 Å². The molecule has 2 heterocycles. The zero-order valence-corrected chi connectivity index (χ0v) is 14.3. The molecule has 25 heavy (non-hydrogen) atoms. The van der Waals surface area contributed by atoms with Crippen molar-refractivity contribution in [2.75, 3.05) is 5.32 Å². The van der Waals surface area contributed by atoms with E-state index in [1.807, 2.05) is 18.2 Å². The van der Waals surface area contributed by atoms with Crippen molar-refractivity contribution in [2.45, 2.75) is 20.0 Å². The summed E-state index contributed by atoms with van der Waals surface area (Å²) in [5, 5.41) is 3.84. The largest absolute Gasteiger partial charge is 0.449 e. The number of pyridine rings is 1. The molecule has 0 fully saturated rings. The van der Waals surface area contributed by atoms with E-state index in [2.05, 4.69) is 10.3 Å². The third kappa shape index (κ3) is 3.64. The van der Waals surface area contributed by atoms with E-state index in [1.165, 1.54) is 13.1 Å². The van der Waals surface area contributed by atoms with Crippen LogP contribution in [-0.2, 0) is 9.53 Å². The maximum absolute atomic E-state index is 12.3. The molecule has 3 aromatic rings. The summed E-state index contributed by atoms with van der Waals surface area (Å²) in [6, 6.07) is 10.4. The van der Waals surface area contributed by atoms with Crippen LogP contribution in [0.5, 0.6) is 0 Å². The Hall–Kier alpha value is -2.86. The first-order valence-electron chi connectivity index (χ1n) is 7.57. The number of carbonyl (C=O) groups is 2. The number of rotatable bonds is 4. The van der Waals surface area contributed by atoms with Crippen molar-refractivity contribution in [1.29, 1.82) is 0 Å². The fourth-order valence-electron chi connectivity index (χ4n) is 2.31. The summed E-state index contributed by atoms with van der Waals surface area (Å²) in [5.41, 5.74) is 1.27. The standard InChI is InChI=1S/C18H15ClN2O4/c1-10-13-5-3-4-6-14(13)25-16(10)18(23)24-11(2)17(22)21-15-8-7-12(19)9-20-15/h3-9,11H,1-2H3,(H,20,21,22). The maximum atomic E-state index is 12.3. The normalized spacial score (nSPS) is 12.0. The van der Waals surface area contributed by atoms with Gasteiger partial charge in [0, 0.05) is 17.1 Å². The smallest absolute Gasteiger partial charge is 0.375 e. The number of carbonyl (C=O) groups excluding carboxylic acids is 2. The lowest BCUT2D eigenvalue weighted by Gasteiger charge is -2.12. The van der Waals surface area contributed by atoms with Crippen LogP contribution in [0.2, 0.25) is 5.02 Å². The van der Waals surface area contributed by atoms with Crippen molar-refractivity contribution in [3.63, 3.8) is 0 Å². The Morgan fingerprint density at radius 2 is 2.00 bits per heavy atom. The number of ether oxygens (including phenoxy) is 1. The van der Waals surface area contributed by atoms with Crippen molar-refractivity contribution >= 4 is 40.3 Å². The summed E-state index contributed by atoms with van der Waals surface area (Å²) < 4.78 is 10.7. The summed E-state index contributed by atoms with van der Waals surface area (Å²) in [7, 11) is 0. The maximum Gasteiger partial charge on any atom is 0.375 e. The molecule has 2 aromatic heterocycles. The lowest BCUT2D eigenvalue weighted by molar-refractivity contribution is -0.123. The number of esters is 1. The molecule has 7 heteroatoms. The molecule has 0 aliphatic carbocycles. The first kappa shape index (κ1) is 17.0. The van der Waals surface area contributed by atoms with Crippen LogP contribution < -0.4 is 5.32 Å². The van der Waals surface area contributed by atoms with E-state index in [9.17, 15) is 9.59 Å². The van der Waals surface area contributed by atoms with Gasteiger partial charge in [0.15, 0.2) is 6.10 Å². The third-order valence-electron chi connectivity index (χ3n) is 3.66. The van der Waals surface area contributed by atoms with Gasteiger partial charge in [-0.1, -0.05) is 29.8 Å². The van der Waals surface area contributed by atoms with Crippen LogP contribution in [0.25, 0.3) is 11.0 Å². The van der Waals surface area contributed by atoms with E-state index in [0.29, 0.717) is 22.0 Å². The Bertz CT molecular complexity index is 934.